The van der Waals surface area contributed by atoms with Gasteiger partial charge in [-0.25, -0.2) is 0 Å². The number of methoxy groups -OCH3 is 1. The molecule has 1 aliphatic heterocycles. The molecular formula is C16H33N3O2. The van der Waals surface area contributed by atoms with Crippen molar-refractivity contribution in [1.29, 1.82) is 0 Å². The zero-order chi connectivity index (χ0) is 15.5. The van der Waals surface area contributed by atoms with Gasteiger partial charge in [-0.15, -0.1) is 0 Å². The molecule has 0 aromatic heterocycles. The fourth-order valence-electron chi connectivity index (χ4n) is 2.97. The number of rotatable bonds is 10. The lowest BCUT2D eigenvalue weighted by molar-refractivity contribution is -0.123. The highest BCUT2D eigenvalue weighted by Gasteiger charge is 2.21. The van der Waals surface area contributed by atoms with Crippen LogP contribution in [0.1, 0.15) is 39.5 Å². The first-order chi connectivity index (χ1) is 10.2. The van der Waals surface area contributed by atoms with E-state index in [4.69, 9.17) is 4.74 Å². The molecule has 0 aromatic carbocycles. The summed E-state index contributed by atoms with van der Waals surface area (Å²) in [6.07, 6.45) is 4.61. The number of carbonyl (C=O) groups excluding carboxylic acids is 1. The van der Waals surface area contributed by atoms with Gasteiger partial charge in [0.1, 0.15) is 0 Å². The fraction of sp³-hybridized carbons (Fsp3) is 0.938. The maximum Gasteiger partial charge on any atom is 0.234 e. The molecule has 0 aliphatic carbocycles. The summed E-state index contributed by atoms with van der Waals surface area (Å²) in [6, 6.07) is 0.291. The van der Waals surface area contributed by atoms with E-state index in [1.807, 2.05) is 0 Å². The van der Waals surface area contributed by atoms with E-state index < -0.39 is 0 Å². The Morgan fingerprint density at radius 1 is 1.48 bits per heavy atom. The summed E-state index contributed by atoms with van der Waals surface area (Å²) in [7, 11) is 1.72. The van der Waals surface area contributed by atoms with Gasteiger partial charge in [-0.05, 0) is 45.2 Å². The summed E-state index contributed by atoms with van der Waals surface area (Å²) in [5.74, 6) is 0.820. The van der Waals surface area contributed by atoms with Crippen molar-refractivity contribution in [2.75, 3.05) is 46.4 Å². The second-order valence-electron chi connectivity index (χ2n) is 6.20. The molecule has 1 amide bonds. The van der Waals surface area contributed by atoms with Crippen LogP contribution < -0.4 is 10.6 Å². The van der Waals surface area contributed by atoms with E-state index in [2.05, 4.69) is 29.4 Å². The average molecular weight is 299 g/mol. The molecule has 2 N–H and O–H groups in total. The maximum atomic E-state index is 12.0. The molecule has 0 spiro atoms. The van der Waals surface area contributed by atoms with E-state index >= 15 is 0 Å². The van der Waals surface area contributed by atoms with Crippen molar-refractivity contribution >= 4 is 5.91 Å². The Bertz CT molecular complexity index is 287. The van der Waals surface area contributed by atoms with Gasteiger partial charge in [-0.2, -0.15) is 0 Å². The van der Waals surface area contributed by atoms with Crippen molar-refractivity contribution in [3.05, 3.63) is 0 Å². The van der Waals surface area contributed by atoms with Crippen molar-refractivity contribution < 1.29 is 9.53 Å². The number of ether oxygens (including phenoxy) is 1. The van der Waals surface area contributed by atoms with Gasteiger partial charge in [-0.1, -0.05) is 13.3 Å². The van der Waals surface area contributed by atoms with Crippen molar-refractivity contribution in [2.45, 2.75) is 45.6 Å². The Labute approximate surface area is 129 Å². The third kappa shape index (κ3) is 8.39. The summed E-state index contributed by atoms with van der Waals surface area (Å²) in [5.41, 5.74) is 0. The Balaban J connectivity index is 2.21. The quantitative estimate of drug-likeness (QED) is 0.596. The molecule has 1 saturated heterocycles. The molecule has 5 heteroatoms. The summed E-state index contributed by atoms with van der Waals surface area (Å²) >= 11 is 0. The highest BCUT2D eigenvalue weighted by molar-refractivity contribution is 5.78. The molecule has 0 bridgehead atoms. The third-order valence-corrected chi connectivity index (χ3v) is 4.02. The number of carbonyl (C=O) groups is 1. The van der Waals surface area contributed by atoms with E-state index in [-0.39, 0.29) is 5.91 Å². The number of amides is 1. The van der Waals surface area contributed by atoms with Crippen LogP contribution in [0, 0.1) is 5.92 Å². The largest absolute Gasteiger partial charge is 0.383 e. The van der Waals surface area contributed by atoms with Crippen LogP contribution >= 0.6 is 0 Å². The lowest BCUT2D eigenvalue weighted by atomic mass is 9.98. The lowest BCUT2D eigenvalue weighted by Gasteiger charge is -2.32. The second kappa shape index (κ2) is 11.0. The molecule has 5 nitrogen and oxygen atoms in total. The van der Waals surface area contributed by atoms with Crippen molar-refractivity contribution in [1.82, 2.24) is 15.5 Å². The minimum absolute atomic E-state index is 0.170. The van der Waals surface area contributed by atoms with Crippen LogP contribution in [0.25, 0.3) is 0 Å². The Kier molecular flexibility index (Phi) is 9.63. The van der Waals surface area contributed by atoms with Crippen LogP contribution in [-0.4, -0.2) is 63.3 Å². The van der Waals surface area contributed by atoms with Gasteiger partial charge in [0.05, 0.1) is 13.2 Å². The van der Waals surface area contributed by atoms with Crippen molar-refractivity contribution in [3.8, 4) is 0 Å². The van der Waals surface area contributed by atoms with Gasteiger partial charge in [-0.3, -0.25) is 9.69 Å². The van der Waals surface area contributed by atoms with E-state index in [0.717, 1.165) is 45.6 Å². The van der Waals surface area contributed by atoms with Gasteiger partial charge in [0.2, 0.25) is 5.91 Å². The molecule has 124 valence electrons. The van der Waals surface area contributed by atoms with Crippen LogP contribution in [0.2, 0.25) is 0 Å². The number of piperidine rings is 1. The van der Waals surface area contributed by atoms with E-state index in [1.54, 1.807) is 7.11 Å². The molecule has 1 aliphatic rings. The number of nitrogens with zero attached hydrogens (tertiary/aromatic N) is 1. The molecule has 1 heterocycles. The minimum Gasteiger partial charge on any atom is -0.383 e. The van der Waals surface area contributed by atoms with Crippen molar-refractivity contribution in [3.63, 3.8) is 0 Å². The summed E-state index contributed by atoms with van der Waals surface area (Å²) < 4.78 is 5.04. The SMILES string of the molecule is CCCC(C)NC(=O)CN1CCCC(CNCCOC)C1. The van der Waals surface area contributed by atoms with E-state index in [0.29, 0.717) is 18.5 Å². The van der Waals surface area contributed by atoms with Crippen LogP contribution in [0.5, 0.6) is 0 Å². The molecule has 1 fully saturated rings. The molecule has 0 aromatic rings. The van der Waals surface area contributed by atoms with Gasteiger partial charge in [0, 0.05) is 26.2 Å². The lowest BCUT2D eigenvalue weighted by Crippen LogP contribution is -2.46. The number of likely N-dealkylation sites (tertiary alicyclic amines) is 1. The summed E-state index contributed by atoms with van der Waals surface area (Å²) in [4.78, 5) is 14.3. The topological polar surface area (TPSA) is 53.6 Å². The first-order valence-electron chi connectivity index (χ1n) is 8.37. The smallest absolute Gasteiger partial charge is 0.234 e. The summed E-state index contributed by atoms with van der Waals surface area (Å²) in [5, 5.41) is 6.52. The number of hydrogen-bond acceptors (Lipinski definition) is 4. The Morgan fingerprint density at radius 2 is 2.29 bits per heavy atom. The molecule has 2 unspecified atom stereocenters. The van der Waals surface area contributed by atoms with Crippen LogP contribution in [0.4, 0.5) is 0 Å². The monoisotopic (exact) mass is 299 g/mol. The predicted molar refractivity (Wildman–Crippen MR) is 86.4 cm³/mol. The van der Waals surface area contributed by atoms with Crippen LogP contribution in [0.15, 0.2) is 0 Å². The fourth-order valence-corrected chi connectivity index (χ4v) is 2.97. The maximum absolute atomic E-state index is 12.0. The molecule has 2 atom stereocenters. The van der Waals surface area contributed by atoms with Crippen LogP contribution in [-0.2, 0) is 9.53 Å². The van der Waals surface area contributed by atoms with Crippen molar-refractivity contribution in [2.24, 2.45) is 5.92 Å². The van der Waals surface area contributed by atoms with Gasteiger partial charge in [0.25, 0.3) is 0 Å². The standard InChI is InChI=1S/C16H33N3O2/c1-4-6-14(2)18-16(20)13-19-9-5-7-15(12-19)11-17-8-10-21-3/h14-15,17H,4-13H2,1-3H3,(H,18,20). The third-order valence-electron chi connectivity index (χ3n) is 4.02. The number of hydrogen-bond donors (Lipinski definition) is 2. The molecule has 21 heavy (non-hydrogen) atoms. The van der Waals surface area contributed by atoms with Gasteiger partial charge in [0.15, 0.2) is 0 Å². The van der Waals surface area contributed by atoms with E-state index in [9.17, 15) is 4.79 Å². The molecular weight excluding hydrogens is 266 g/mol. The Morgan fingerprint density at radius 3 is 3.00 bits per heavy atom. The number of nitrogens with one attached hydrogen (secondary N) is 2. The highest BCUT2D eigenvalue weighted by atomic mass is 16.5. The Hall–Kier alpha value is -0.650. The normalized spacial score (nSPS) is 21.2. The molecule has 1 rings (SSSR count). The second-order valence-corrected chi connectivity index (χ2v) is 6.20. The van der Waals surface area contributed by atoms with Gasteiger partial charge < -0.3 is 15.4 Å². The average Bonchev–Trinajstić information content (AvgIpc) is 2.44. The molecule has 0 saturated carbocycles. The first-order valence-corrected chi connectivity index (χ1v) is 8.37. The zero-order valence-electron chi connectivity index (χ0n) is 14.0. The zero-order valence-corrected chi connectivity index (χ0v) is 14.0. The van der Waals surface area contributed by atoms with Crippen LogP contribution in [0.3, 0.4) is 0 Å². The van der Waals surface area contributed by atoms with E-state index in [1.165, 1.54) is 12.8 Å². The summed E-state index contributed by atoms with van der Waals surface area (Å²) in [6.45, 7) is 9.53. The predicted octanol–water partition coefficient (Wildman–Crippen LogP) is 1.24. The van der Waals surface area contributed by atoms with Gasteiger partial charge >= 0.3 is 0 Å². The molecule has 0 radical (unpaired) electrons. The minimum atomic E-state index is 0.170. The first kappa shape index (κ1) is 18.4. The highest BCUT2D eigenvalue weighted by Crippen LogP contribution is 2.15.